The molecule has 7 heteroatoms. The van der Waals surface area contributed by atoms with Crippen LogP contribution in [0.3, 0.4) is 0 Å². The first-order valence-corrected chi connectivity index (χ1v) is 8.19. The summed E-state index contributed by atoms with van der Waals surface area (Å²) in [5, 5.41) is 9.12. The predicted molar refractivity (Wildman–Crippen MR) is 83.1 cm³/mol. The molecule has 0 aliphatic heterocycles. The lowest BCUT2D eigenvalue weighted by Crippen LogP contribution is -2.15. The fraction of sp³-hybridized carbons (Fsp3) is 0.0714. The molecule has 110 valence electrons. The Labute approximate surface area is 130 Å². The molecule has 0 unspecified atom stereocenters. The summed E-state index contributed by atoms with van der Waals surface area (Å²) in [4.78, 5) is 11.2. The smallest absolute Gasteiger partial charge is 0.337 e. The molecular formula is C14H12BrNO4S. The fourth-order valence-electron chi connectivity index (χ4n) is 1.77. The molecule has 2 rings (SSSR count). The highest BCUT2D eigenvalue weighted by Crippen LogP contribution is 2.24. The van der Waals surface area contributed by atoms with Crippen molar-refractivity contribution in [3.05, 3.63) is 58.1 Å². The highest BCUT2D eigenvalue weighted by atomic mass is 79.9. The number of halogens is 1. The Bertz CT molecular complexity index is 802. The number of hydrogen-bond donors (Lipinski definition) is 2. The number of aromatic carboxylic acids is 1. The second-order valence-electron chi connectivity index (χ2n) is 4.42. The van der Waals surface area contributed by atoms with Crippen molar-refractivity contribution in [2.45, 2.75) is 11.8 Å². The first-order valence-electron chi connectivity index (χ1n) is 5.92. The van der Waals surface area contributed by atoms with Gasteiger partial charge in [-0.15, -0.1) is 0 Å². The molecule has 0 aliphatic rings. The summed E-state index contributed by atoms with van der Waals surface area (Å²) < 4.78 is 27.5. The van der Waals surface area contributed by atoms with Crippen LogP contribution in [0.5, 0.6) is 0 Å². The Morgan fingerprint density at radius 1 is 1.19 bits per heavy atom. The van der Waals surface area contributed by atoms with Gasteiger partial charge in [-0.3, -0.25) is 4.72 Å². The number of nitrogens with one attached hydrogen (secondary N) is 1. The number of carboxylic acids is 1. The van der Waals surface area contributed by atoms with Gasteiger partial charge in [-0.05, 0) is 42.8 Å². The van der Waals surface area contributed by atoms with E-state index < -0.39 is 16.0 Å². The van der Waals surface area contributed by atoms with E-state index in [1.807, 2.05) is 0 Å². The van der Waals surface area contributed by atoms with E-state index >= 15 is 0 Å². The van der Waals surface area contributed by atoms with Crippen LogP contribution in [0.1, 0.15) is 15.9 Å². The van der Waals surface area contributed by atoms with Gasteiger partial charge in [-0.25, -0.2) is 13.2 Å². The van der Waals surface area contributed by atoms with Crippen molar-refractivity contribution in [2.75, 3.05) is 4.72 Å². The number of anilines is 1. The van der Waals surface area contributed by atoms with Gasteiger partial charge in [0.25, 0.3) is 10.0 Å². The van der Waals surface area contributed by atoms with E-state index in [0.717, 1.165) is 5.56 Å². The molecule has 21 heavy (non-hydrogen) atoms. The van der Waals surface area contributed by atoms with Crippen LogP contribution in [0.2, 0.25) is 0 Å². The molecule has 0 atom stereocenters. The molecular weight excluding hydrogens is 358 g/mol. The van der Waals surface area contributed by atoms with E-state index in [2.05, 4.69) is 20.7 Å². The van der Waals surface area contributed by atoms with Crippen LogP contribution in [0.25, 0.3) is 0 Å². The van der Waals surface area contributed by atoms with Gasteiger partial charge in [0, 0.05) is 4.47 Å². The minimum Gasteiger partial charge on any atom is -0.478 e. The van der Waals surface area contributed by atoms with Crippen LogP contribution >= 0.6 is 15.9 Å². The molecule has 0 aliphatic carbocycles. The van der Waals surface area contributed by atoms with Crippen molar-refractivity contribution in [1.82, 2.24) is 0 Å². The number of sulfonamides is 1. The first kappa shape index (κ1) is 15.5. The summed E-state index contributed by atoms with van der Waals surface area (Å²) >= 11 is 3.19. The second kappa shape index (κ2) is 5.87. The maximum Gasteiger partial charge on any atom is 0.337 e. The second-order valence-corrected chi connectivity index (χ2v) is 7.02. The van der Waals surface area contributed by atoms with E-state index in [1.54, 1.807) is 19.1 Å². The topological polar surface area (TPSA) is 83.5 Å². The predicted octanol–water partition coefficient (Wildman–Crippen LogP) is 3.26. The SMILES string of the molecule is Cc1cccc(S(=O)(=O)Nc2cc(Br)ccc2C(=O)O)c1. The number of carbonyl (C=O) groups is 1. The Kier molecular flexibility index (Phi) is 4.34. The molecule has 0 aromatic heterocycles. The van der Waals surface area contributed by atoms with Crippen LogP contribution < -0.4 is 4.72 Å². The third-order valence-electron chi connectivity index (χ3n) is 2.76. The lowest BCUT2D eigenvalue weighted by molar-refractivity contribution is 0.0698. The molecule has 0 fully saturated rings. The normalized spacial score (nSPS) is 11.1. The Hall–Kier alpha value is -1.86. The first-order chi connectivity index (χ1) is 9.79. The number of benzene rings is 2. The van der Waals surface area contributed by atoms with E-state index in [9.17, 15) is 13.2 Å². The van der Waals surface area contributed by atoms with Gasteiger partial charge in [0.2, 0.25) is 0 Å². The quantitative estimate of drug-likeness (QED) is 0.866. The molecule has 2 N–H and O–H groups in total. The molecule has 0 bridgehead atoms. The molecule has 2 aromatic rings. The van der Waals surface area contributed by atoms with Crippen molar-refractivity contribution in [1.29, 1.82) is 0 Å². The van der Waals surface area contributed by atoms with Crippen molar-refractivity contribution >= 4 is 37.6 Å². The zero-order chi connectivity index (χ0) is 15.6. The number of rotatable bonds is 4. The maximum absolute atomic E-state index is 12.3. The van der Waals surface area contributed by atoms with E-state index in [-0.39, 0.29) is 16.1 Å². The zero-order valence-corrected chi connectivity index (χ0v) is 13.4. The average Bonchev–Trinajstić information content (AvgIpc) is 2.38. The van der Waals surface area contributed by atoms with Crippen LogP contribution in [0.4, 0.5) is 5.69 Å². The summed E-state index contributed by atoms with van der Waals surface area (Å²) in [6.07, 6.45) is 0. The number of aryl methyl sites for hydroxylation is 1. The lowest BCUT2D eigenvalue weighted by Gasteiger charge is -2.11. The Balaban J connectivity index is 2.46. The molecule has 2 aromatic carbocycles. The number of carboxylic acid groups (broad SMARTS) is 1. The third kappa shape index (κ3) is 3.62. The van der Waals surface area contributed by atoms with Gasteiger partial charge in [0.15, 0.2) is 0 Å². The van der Waals surface area contributed by atoms with Crippen molar-refractivity contribution in [3.63, 3.8) is 0 Å². The molecule has 0 radical (unpaired) electrons. The van der Waals surface area contributed by atoms with E-state index in [1.165, 1.54) is 30.3 Å². The Morgan fingerprint density at radius 3 is 2.52 bits per heavy atom. The van der Waals surface area contributed by atoms with Gasteiger partial charge >= 0.3 is 5.97 Å². The third-order valence-corrected chi connectivity index (χ3v) is 4.61. The molecule has 0 saturated heterocycles. The van der Waals surface area contributed by atoms with Crippen molar-refractivity contribution in [2.24, 2.45) is 0 Å². The molecule has 0 saturated carbocycles. The monoisotopic (exact) mass is 369 g/mol. The Morgan fingerprint density at radius 2 is 1.90 bits per heavy atom. The van der Waals surface area contributed by atoms with Gasteiger partial charge in [0.1, 0.15) is 0 Å². The van der Waals surface area contributed by atoms with Crippen molar-refractivity contribution in [3.8, 4) is 0 Å². The van der Waals surface area contributed by atoms with Gasteiger partial charge < -0.3 is 5.11 Å². The average molecular weight is 370 g/mol. The van der Waals surface area contributed by atoms with Crippen LogP contribution in [-0.2, 0) is 10.0 Å². The summed E-state index contributed by atoms with van der Waals surface area (Å²) in [5.74, 6) is -1.20. The summed E-state index contributed by atoms with van der Waals surface area (Å²) in [5.41, 5.74) is 0.693. The molecule has 0 spiro atoms. The molecule has 0 heterocycles. The van der Waals surface area contributed by atoms with Gasteiger partial charge in [-0.2, -0.15) is 0 Å². The van der Waals surface area contributed by atoms with Crippen LogP contribution in [0.15, 0.2) is 51.8 Å². The molecule has 0 amide bonds. The standard InChI is InChI=1S/C14H12BrNO4S/c1-9-3-2-4-11(7-9)21(19,20)16-13-8-10(15)5-6-12(13)14(17)18/h2-8,16H,1H3,(H,17,18). The maximum atomic E-state index is 12.3. The largest absolute Gasteiger partial charge is 0.478 e. The summed E-state index contributed by atoms with van der Waals surface area (Å²) in [7, 11) is -3.84. The van der Waals surface area contributed by atoms with Crippen LogP contribution in [0, 0.1) is 6.92 Å². The van der Waals surface area contributed by atoms with E-state index in [4.69, 9.17) is 5.11 Å². The van der Waals surface area contributed by atoms with Crippen LogP contribution in [-0.4, -0.2) is 19.5 Å². The minimum atomic E-state index is -3.84. The fourth-order valence-corrected chi connectivity index (χ4v) is 3.31. The number of hydrogen-bond acceptors (Lipinski definition) is 3. The summed E-state index contributed by atoms with van der Waals surface area (Å²) in [6.45, 7) is 1.78. The lowest BCUT2D eigenvalue weighted by atomic mass is 10.2. The zero-order valence-electron chi connectivity index (χ0n) is 11.0. The van der Waals surface area contributed by atoms with Gasteiger partial charge in [0.05, 0.1) is 16.1 Å². The highest BCUT2D eigenvalue weighted by molar-refractivity contribution is 9.10. The van der Waals surface area contributed by atoms with Crippen molar-refractivity contribution < 1.29 is 18.3 Å². The summed E-state index contributed by atoms with van der Waals surface area (Å²) in [6, 6.07) is 10.7. The highest BCUT2D eigenvalue weighted by Gasteiger charge is 2.18. The molecule has 5 nitrogen and oxygen atoms in total. The van der Waals surface area contributed by atoms with Gasteiger partial charge in [-0.1, -0.05) is 28.1 Å². The van der Waals surface area contributed by atoms with E-state index in [0.29, 0.717) is 4.47 Å². The minimum absolute atomic E-state index is 0.0124.